The molecule has 0 atom stereocenters. The van der Waals surface area contributed by atoms with E-state index in [9.17, 15) is 9.59 Å². The molecule has 0 aliphatic heterocycles. The summed E-state index contributed by atoms with van der Waals surface area (Å²) >= 11 is 0. The minimum Gasteiger partial charge on any atom is -0.497 e. The molecule has 1 aromatic carbocycles. The maximum Gasteiger partial charge on any atom is 0.170 e. The van der Waals surface area contributed by atoms with Gasteiger partial charge >= 0.3 is 0 Å². The number of Topliss-reactive ketones (excluding diaryl/α,β-unsaturated/α-hetero) is 1. The highest BCUT2D eigenvalue weighted by atomic mass is 16.5. The number of allylic oxidation sites excluding steroid dienone is 1. The van der Waals surface area contributed by atoms with E-state index in [0.29, 0.717) is 12.7 Å². The smallest absolute Gasteiger partial charge is 0.170 e. The van der Waals surface area contributed by atoms with E-state index in [1.807, 2.05) is 18.2 Å². The molecule has 3 heteroatoms. The van der Waals surface area contributed by atoms with Gasteiger partial charge in [0.05, 0.1) is 12.7 Å². The fraction of sp³-hybridized carbons (Fsp3) is 0.167. The van der Waals surface area contributed by atoms with Crippen LogP contribution in [-0.4, -0.2) is 19.2 Å². The lowest BCUT2D eigenvalue weighted by molar-refractivity contribution is -0.117. The van der Waals surface area contributed by atoms with E-state index in [2.05, 4.69) is 0 Å². The van der Waals surface area contributed by atoms with Gasteiger partial charge in [-0.2, -0.15) is 0 Å². The van der Waals surface area contributed by atoms with Crippen molar-refractivity contribution in [2.75, 3.05) is 7.11 Å². The number of ether oxygens (including phenoxy) is 1. The van der Waals surface area contributed by atoms with Gasteiger partial charge in [0.1, 0.15) is 5.75 Å². The summed E-state index contributed by atoms with van der Waals surface area (Å²) in [5, 5.41) is 0. The highest BCUT2D eigenvalue weighted by molar-refractivity contribution is 6.17. The van der Waals surface area contributed by atoms with Gasteiger partial charge in [-0.25, -0.2) is 0 Å². The molecular formula is C12H10O3. The van der Waals surface area contributed by atoms with E-state index in [1.54, 1.807) is 13.2 Å². The molecule has 0 heterocycles. The van der Waals surface area contributed by atoms with Crippen molar-refractivity contribution in [3.05, 3.63) is 34.9 Å². The van der Waals surface area contributed by atoms with Crippen LogP contribution >= 0.6 is 0 Å². The Balaban J connectivity index is 2.51. The molecule has 0 radical (unpaired) electrons. The van der Waals surface area contributed by atoms with Crippen LogP contribution in [0.2, 0.25) is 0 Å². The van der Waals surface area contributed by atoms with Gasteiger partial charge in [-0.1, -0.05) is 6.07 Å². The standard InChI is InChI=1S/C12H10O3/c1-15-11-3-2-8-6-12(14)10(7-13)4-9(8)5-11/h2-5,7H,6H2,1H3. The highest BCUT2D eigenvalue weighted by Gasteiger charge is 2.17. The molecule has 2 rings (SSSR count). The molecule has 0 unspecified atom stereocenters. The molecule has 0 bridgehead atoms. The average Bonchev–Trinajstić information content (AvgIpc) is 2.27. The lowest BCUT2D eigenvalue weighted by atomic mass is 9.92. The number of fused-ring (bicyclic) bond motifs is 1. The first-order chi connectivity index (χ1) is 7.24. The highest BCUT2D eigenvalue weighted by Crippen LogP contribution is 2.24. The molecule has 0 saturated heterocycles. The van der Waals surface area contributed by atoms with Gasteiger partial charge in [-0.05, 0) is 29.3 Å². The maximum absolute atomic E-state index is 11.4. The molecule has 0 aromatic heterocycles. The van der Waals surface area contributed by atoms with E-state index >= 15 is 0 Å². The normalized spacial score (nSPS) is 14.2. The first-order valence-corrected chi connectivity index (χ1v) is 4.61. The summed E-state index contributed by atoms with van der Waals surface area (Å²) in [4.78, 5) is 22.0. The third-order valence-electron chi connectivity index (χ3n) is 2.46. The SMILES string of the molecule is COc1ccc2c(c1)C=C(C=O)C(=O)C2. The summed E-state index contributed by atoms with van der Waals surface area (Å²) in [7, 11) is 1.58. The lowest BCUT2D eigenvalue weighted by Gasteiger charge is -2.13. The zero-order chi connectivity index (χ0) is 10.8. The summed E-state index contributed by atoms with van der Waals surface area (Å²) < 4.78 is 5.07. The van der Waals surface area contributed by atoms with Gasteiger partial charge in [0, 0.05) is 6.42 Å². The fourth-order valence-electron chi connectivity index (χ4n) is 1.62. The minimum atomic E-state index is -0.123. The second kappa shape index (κ2) is 3.69. The number of methoxy groups -OCH3 is 1. The number of hydrogen-bond donors (Lipinski definition) is 0. The quantitative estimate of drug-likeness (QED) is 0.538. The van der Waals surface area contributed by atoms with Gasteiger partial charge < -0.3 is 4.74 Å². The maximum atomic E-state index is 11.4. The van der Waals surface area contributed by atoms with E-state index < -0.39 is 0 Å². The Bertz CT molecular complexity index is 458. The van der Waals surface area contributed by atoms with Crippen molar-refractivity contribution in [1.82, 2.24) is 0 Å². The van der Waals surface area contributed by atoms with Crippen LogP contribution in [0.15, 0.2) is 23.8 Å². The zero-order valence-electron chi connectivity index (χ0n) is 8.32. The van der Waals surface area contributed by atoms with Gasteiger partial charge in [-0.15, -0.1) is 0 Å². The third kappa shape index (κ3) is 1.68. The molecular weight excluding hydrogens is 192 g/mol. The number of hydrogen-bond acceptors (Lipinski definition) is 3. The largest absolute Gasteiger partial charge is 0.497 e. The summed E-state index contributed by atoms with van der Waals surface area (Å²) in [6.45, 7) is 0. The van der Waals surface area contributed by atoms with Crippen LogP contribution in [0.1, 0.15) is 11.1 Å². The molecule has 0 fully saturated rings. The van der Waals surface area contributed by atoms with E-state index in [-0.39, 0.29) is 11.4 Å². The number of aldehydes is 1. The monoisotopic (exact) mass is 202 g/mol. The first kappa shape index (κ1) is 9.65. The second-order valence-electron chi connectivity index (χ2n) is 3.38. The molecule has 0 amide bonds. The van der Waals surface area contributed by atoms with Gasteiger partial charge in [0.2, 0.25) is 0 Å². The van der Waals surface area contributed by atoms with Crippen molar-refractivity contribution < 1.29 is 14.3 Å². The van der Waals surface area contributed by atoms with E-state index in [0.717, 1.165) is 16.9 Å². The first-order valence-electron chi connectivity index (χ1n) is 4.61. The fourth-order valence-corrected chi connectivity index (χ4v) is 1.62. The van der Waals surface area contributed by atoms with E-state index in [1.165, 1.54) is 0 Å². The molecule has 0 spiro atoms. The van der Waals surface area contributed by atoms with Gasteiger partial charge in [0.25, 0.3) is 0 Å². The Morgan fingerprint density at radius 3 is 2.87 bits per heavy atom. The predicted octanol–water partition coefficient (Wildman–Crippen LogP) is 1.40. The molecule has 1 aliphatic rings. The summed E-state index contributed by atoms with van der Waals surface area (Å²) in [5.41, 5.74) is 2.05. The van der Waals surface area contributed by atoms with Crippen molar-refractivity contribution in [2.45, 2.75) is 6.42 Å². The summed E-state index contributed by atoms with van der Waals surface area (Å²) in [6, 6.07) is 5.49. The van der Waals surface area contributed by atoms with Crippen molar-refractivity contribution in [2.24, 2.45) is 0 Å². The Kier molecular flexibility index (Phi) is 2.37. The van der Waals surface area contributed by atoms with Crippen molar-refractivity contribution in [1.29, 1.82) is 0 Å². The third-order valence-corrected chi connectivity index (χ3v) is 2.46. The Hall–Kier alpha value is -1.90. The lowest BCUT2D eigenvalue weighted by Crippen LogP contribution is -2.13. The van der Waals surface area contributed by atoms with Crippen molar-refractivity contribution in [3.8, 4) is 5.75 Å². The zero-order valence-corrected chi connectivity index (χ0v) is 8.32. The van der Waals surface area contributed by atoms with Gasteiger partial charge in [-0.3, -0.25) is 9.59 Å². The predicted molar refractivity (Wildman–Crippen MR) is 55.7 cm³/mol. The van der Waals surface area contributed by atoms with Crippen molar-refractivity contribution >= 4 is 18.1 Å². The molecule has 76 valence electrons. The van der Waals surface area contributed by atoms with Crippen molar-refractivity contribution in [3.63, 3.8) is 0 Å². The van der Waals surface area contributed by atoms with Crippen LogP contribution in [0.3, 0.4) is 0 Å². The number of benzene rings is 1. The summed E-state index contributed by atoms with van der Waals surface area (Å²) in [6.07, 6.45) is 2.51. The van der Waals surface area contributed by atoms with Crippen LogP contribution in [0.4, 0.5) is 0 Å². The summed E-state index contributed by atoms with van der Waals surface area (Å²) in [5.74, 6) is 0.604. The van der Waals surface area contributed by atoms with Gasteiger partial charge in [0.15, 0.2) is 12.1 Å². The number of carbonyl (C=O) groups is 2. The molecule has 15 heavy (non-hydrogen) atoms. The molecule has 0 saturated carbocycles. The molecule has 1 aromatic rings. The molecule has 0 N–H and O–H groups in total. The van der Waals surface area contributed by atoms with E-state index in [4.69, 9.17) is 4.74 Å². The van der Waals surface area contributed by atoms with Crippen LogP contribution < -0.4 is 4.74 Å². The van der Waals surface area contributed by atoms with Crippen LogP contribution in [-0.2, 0) is 16.0 Å². The molecule has 1 aliphatic carbocycles. The average molecular weight is 202 g/mol. The second-order valence-corrected chi connectivity index (χ2v) is 3.38. The van der Waals surface area contributed by atoms with Crippen LogP contribution in [0.5, 0.6) is 5.75 Å². The minimum absolute atomic E-state index is 0.123. The number of ketones is 1. The molecule has 3 nitrogen and oxygen atoms in total. The van der Waals surface area contributed by atoms with Crippen LogP contribution in [0, 0.1) is 0 Å². The topological polar surface area (TPSA) is 43.4 Å². The number of carbonyl (C=O) groups excluding carboxylic acids is 2. The Labute approximate surface area is 87.4 Å². The Morgan fingerprint density at radius 1 is 1.40 bits per heavy atom. The number of rotatable bonds is 2. The Morgan fingerprint density at radius 2 is 2.20 bits per heavy atom. The van der Waals surface area contributed by atoms with Crippen LogP contribution in [0.25, 0.3) is 6.08 Å².